The maximum Gasteiger partial charge on any atom is 0.141 e. The monoisotopic (exact) mass is 253 g/mol. The van der Waals surface area contributed by atoms with Crippen LogP contribution in [0.15, 0.2) is 18.3 Å². The van der Waals surface area contributed by atoms with E-state index in [1.54, 1.807) is 6.07 Å². The highest BCUT2D eigenvalue weighted by atomic mass is 19.1. The van der Waals surface area contributed by atoms with Crippen LogP contribution in [0.1, 0.15) is 64.5 Å². The second-order valence-corrected chi connectivity index (χ2v) is 4.91. The Morgan fingerprint density at radius 3 is 2.44 bits per heavy atom. The minimum Gasteiger partial charge on any atom is -0.384 e. The Morgan fingerprint density at radius 1 is 1.17 bits per heavy atom. The summed E-state index contributed by atoms with van der Waals surface area (Å²) in [6.45, 7) is 4.13. The first-order chi connectivity index (χ1) is 8.62. The lowest BCUT2D eigenvalue weighted by atomic mass is 9.89. The van der Waals surface area contributed by atoms with Crippen LogP contribution in [0.5, 0.6) is 0 Å². The van der Waals surface area contributed by atoms with Crippen LogP contribution in [0, 0.1) is 5.82 Å². The summed E-state index contributed by atoms with van der Waals surface area (Å²) in [5, 5.41) is 10.6. The van der Waals surface area contributed by atoms with Crippen LogP contribution < -0.4 is 0 Å². The second kappa shape index (κ2) is 7.47. The molecule has 18 heavy (non-hydrogen) atoms. The molecule has 1 atom stereocenters. The van der Waals surface area contributed by atoms with Gasteiger partial charge in [-0.25, -0.2) is 4.39 Å². The number of aliphatic hydroxyl groups is 1. The van der Waals surface area contributed by atoms with Crippen LogP contribution in [0.2, 0.25) is 0 Å². The first kappa shape index (κ1) is 15.1. The zero-order chi connectivity index (χ0) is 13.4. The molecule has 0 saturated carbocycles. The molecule has 1 rings (SSSR count). The smallest absolute Gasteiger partial charge is 0.141 e. The number of unbranched alkanes of at least 4 members (excludes halogenated alkanes) is 4. The Kier molecular flexibility index (Phi) is 6.27. The lowest BCUT2D eigenvalue weighted by Gasteiger charge is -2.26. The highest BCUT2D eigenvalue weighted by Crippen LogP contribution is 2.29. The number of rotatable bonds is 8. The van der Waals surface area contributed by atoms with Crippen molar-refractivity contribution in [3.8, 4) is 0 Å². The first-order valence-corrected chi connectivity index (χ1v) is 6.97. The summed E-state index contributed by atoms with van der Waals surface area (Å²) in [5.41, 5.74) is -0.318. The minimum atomic E-state index is -0.903. The van der Waals surface area contributed by atoms with Gasteiger partial charge in [0.15, 0.2) is 0 Å². The third-order valence-electron chi connectivity index (χ3n) is 3.48. The highest BCUT2D eigenvalue weighted by molar-refractivity contribution is 5.13. The third kappa shape index (κ3) is 4.37. The lowest BCUT2D eigenvalue weighted by Crippen LogP contribution is -2.26. The Morgan fingerprint density at radius 2 is 1.89 bits per heavy atom. The summed E-state index contributed by atoms with van der Waals surface area (Å²) in [6, 6.07) is 2.95. The molecule has 0 saturated heterocycles. The van der Waals surface area contributed by atoms with Gasteiger partial charge in [-0.15, -0.1) is 0 Å². The van der Waals surface area contributed by atoms with E-state index in [0.29, 0.717) is 18.5 Å². The summed E-state index contributed by atoms with van der Waals surface area (Å²) in [6.07, 6.45) is 8.29. The average molecular weight is 253 g/mol. The van der Waals surface area contributed by atoms with Gasteiger partial charge < -0.3 is 5.11 Å². The Bertz CT molecular complexity index is 339. The maximum atomic E-state index is 12.8. The fourth-order valence-corrected chi connectivity index (χ4v) is 2.16. The molecule has 1 aromatic heterocycles. The molecule has 1 N–H and O–H groups in total. The molecule has 1 heterocycles. The summed E-state index contributed by atoms with van der Waals surface area (Å²) in [4.78, 5) is 4.01. The molecule has 0 aliphatic carbocycles. The first-order valence-electron chi connectivity index (χ1n) is 6.97. The molecule has 0 fully saturated rings. The predicted molar refractivity (Wildman–Crippen MR) is 71.8 cm³/mol. The molecule has 0 aliphatic rings. The Balaban J connectivity index is 2.53. The van der Waals surface area contributed by atoms with Crippen molar-refractivity contribution in [2.45, 2.75) is 64.4 Å². The fourth-order valence-electron chi connectivity index (χ4n) is 2.16. The van der Waals surface area contributed by atoms with Crippen molar-refractivity contribution in [1.29, 1.82) is 0 Å². The van der Waals surface area contributed by atoms with Gasteiger partial charge in [0, 0.05) is 0 Å². The Hall–Kier alpha value is -0.960. The van der Waals surface area contributed by atoms with E-state index in [4.69, 9.17) is 0 Å². The van der Waals surface area contributed by atoms with Crippen LogP contribution in [0.25, 0.3) is 0 Å². The zero-order valence-corrected chi connectivity index (χ0v) is 11.5. The molecule has 0 amide bonds. The van der Waals surface area contributed by atoms with E-state index < -0.39 is 5.60 Å². The molecule has 0 aliphatic heterocycles. The van der Waals surface area contributed by atoms with Crippen molar-refractivity contribution in [2.24, 2.45) is 0 Å². The van der Waals surface area contributed by atoms with E-state index in [1.807, 2.05) is 6.92 Å². The number of aromatic nitrogens is 1. The molecule has 0 bridgehead atoms. The molecule has 0 aromatic carbocycles. The van der Waals surface area contributed by atoms with Crippen LogP contribution in [-0.2, 0) is 5.60 Å². The van der Waals surface area contributed by atoms with Crippen molar-refractivity contribution in [3.63, 3.8) is 0 Å². The van der Waals surface area contributed by atoms with Crippen LogP contribution in [0.3, 0.4) is 0 Å². The SMILES string of the molecule is CCCCCCCC(O)(CC)c1ccc(F)cn1. The molecule has 1 unspecified atom stereocenters. The zero-order valence-electron chi connectivity index (χ0n) is 11.5. The molecule has 102 valence electrons. The molecule has 0 spiro atoms. The number of nitrogens with zero attached hydrogens (tertiary/aromatic N) is 1. The van der Waals surface area contributed by atoms with Crippen molar-refractivity contribution in [2.75, 3.05) is 0 Å². The van der Waals surface area contributed by atoms with Crippen LogP contribution in [0.4, 0.5) is 4.39 Å². The molecular weight excluding hydrogens is 229 g/mol. The second-order valence-electron chi connectivity index (χ2n) is 4.91. The summed E-state index contributed by atoms with van der Waals surface area (Å²) < 4.78 is 12.8. The van der Waals surface area contributed by atoms with E-state index in [0.717, 1.165) is 12.8 Å². The van der Waals surface area contributed by atoms with E-state index in [-0.39, 0.29) is 5.82 Å². The Labute approximate surface area is 109 Å². The van der Waals surface area contributed by atoms with Gasteiger partial charge in [-0.3, -0.25) is 4.98 Å². The van der Waals surface area contributed by atoms with Gasteiger partial charge in [0.25, 0.3) is 0 Å². The highest BCUT2D eigenvalue weighted by Gasteiger charge is 2.27. The normalized spacial score (nSPS) is 14.4. The number of hydrogen-bond acceptors (Lipinski definition) is 2. The third-order valence-corrected chi connectivity index (χ3v) is 3.48. The van der Waals surface area contributed by atoms with Crippen LogP contribution >= 0.6 is 0 Å². The summed E-state index contributed by atoms with van der Waals surface area (Å²) in [7, 11) is 0. The van der Waals surface area contributed by atoms with Gasteiger partial charge in [0.05, 0.1) is 11.9 Å². The van der Waals surface area contributed by atoms with E-state index in [1.165, 1.54) is 31.5 Å². The number of halogens is 1. The van der Waals surface area contributed by atoms with E-state index in [9.17, 15) is 9.50 Å². The van der Waals surface area contributed by atoms with Gasteiger partial charge >= 0.3 is 0 Å². The minimum absolute atomic E-state index is 0.361. The number of hydrogen-bond donors (Lipinski definition) is 1. The van der Waals surface area contributed by atoms with Gasteiger partial charge in [-0.05, 0) is 25.0 Å². The molecule has 3 heteroatoms. The van der Waals surface area contributed by atoms with Gasteiger partial charge in [0.1, 0.15) is 11.4 Å². The van der Waals surface area contributed by atoms with E-state index in [2.05, 4.69) is 11.9 Å². The van der Waals surface area contributed by atoms with Gasteiger partial charge in [-0.1, -0.05) is 46.0 Å². The van der Waals surface area contributed by atoms with Crippen molar-refractivity contribution < 1.29 is 9.50 Å². The average Bonchev–Trinajstić information content (AvgIpc) is 2.39. The van der Waals surface area contributed by atoms with Gasteiger partial charge in [0.2, 0.25) is 0 Å². The molecule has 2 nitrogen and oxygen atoms in total. The standard InChI is InChI=1S/C15H24FNO/c1-3-5-6-7-8-11-15(18,4-2)14-10-9-13(16)12-17-14/h9-10,12,18H,3-8,11H2,1-2H3. The molecule has 1 aromatic rings. The largest absolute Gasteiger partial charge is 0.384 e. The number of pyridine rings is 1. The van der Waals surface area contributed by atoms with Crippen molar-refractivity contribution >= 4 is 0 Å². The topological polar surface area (TPSA) is 33.1 Å². The quantitative estimate of drug-likeness (QED) is 0.705. The predicted octanol–water partition coefficient (Wildman–Crippen LogP) is 4.18. The van der Waals surface area contributed by atoms with Crippen molar-refractivity contribution in [1.82, 2.24) is 4.98 Å². The van der Waals surface area contributed by atoms with Crippen LogP contribution in [-0.4, -0.2) is 10.1 Å². The maximum absolute atomic E-state index is 12.8. The fraction of sp³-hybridized carbons (Fsp3) is 0.667. The summed E-state index contributed by atoms with van der Waals surface area (Å²) in [5.74, 6) is -0.361. The molecular formula is C15H24FNO. The van der Waals surface area contributed by atoms with Gasteiger partial charge in [-0.2, -0.15) is 0 Å². The van der Waals surface area contributed by atoms with E-state index >= 15 is 0 Å². The lowest BCUT2D eigenvalue weighted by molar-refractivity contribution is 0.0163. The summed E-state index contributed by atoms with van der Waals surface area (Å²) >= 11 is 0. The molecule has 0 radical (unpaired) electrons. The van der Waals surface area contributed by atoms with Crippen molar-refractivity contribution in [3.05, 3.63) is 29.8 Å².